The van der Waals surface area contributed by atoms with Crippen LogP contribution in [0.1, 0.15) is 18.5 Å². The highest BCUT2D eigenvalue weighted by atomic mass is 16.6. The molecular weight excluding hydrogens is 218 g/mol. The monoisotopic (exact) mass is 237 g/mol. The van der Waals surface area contributed by atoms with E-state index in [0.717, 1.165) is 17.8 Å². The number of pyridine rings is 1. The number of hydrogen-bond acceptors (Lipinski definition) is 5. The highest BCUT2D eigenvalue weighted by molar-refractivity contribution is 5.46. The first-order valence-electron chi connectivity index (χ1n) is 5.95. The standard InChI is InChI=1S/C12H19N3O2/c1-2-15-12(11-8-16-5-6-17-11)9-7-14-4-3-10(9)13/h3-4,7,11-12,15H,2,5-6,8H2,1H3,(H2,13,14). The van der Waals surface area contributed by atoms with E-state index in [9.17, 15) is 0 Å². The quantitative estimate of drug-likeness (QED) is 0.808. The highest BCUT2D eigenvalue weighted by Gasteiger charge is 2.27. The summed E-state index contributed by atoms with van der Waals surface area (Å²) in [4.78, 5) is 4.13. The predicted octanol–water partition coefficient (Wildman–Crippen LogP) is 0.730. The molecule has 0 radical (unpaired) electrons. The number of aromatic nitrogens is 1. The van der Waals surface area contributed by atoms with Crippen molar-refractivity contribution in [2.24, 2.45) is 0 Å². The van der Waals surface area contributed by atoms with Gasteiger partial charge in [0.1, 0.15) is 6.10 Å². The summed E-state index contributed by atoms with van der Waals surface area (Å²) in [6.07, 6.45) is 3.48. The molecule has 1 fully saturated rings. The van der Waals surface area contributed by atoms with Crippen molar-refractivity contribution in [3.05, 3.63) is 24.0 Å². The molecule has 0 spiro atoms. The van der Waals surface area contributed by atoms with Gasteiger partial charge in [0, 0.05) is 23.6 Å². The van der Waals surface area contributed by atoms with Gasteiger partial charge >= 0.3 is 0 Å². The van der Waals surface area contributed by atoms with E-state index in [1.165, 1.54) is 0 Å². The highest BCUT2D eigenvalue weighted by Crippen LogP contribution is 2.25. The minimum atomic E-state index is -0.00444. The fourth-order valence-corrected chi connectivity index (χ4v) is 2.04. The van der Waals surface area contributed by atoms with Crippen LogP contribution in [-0.4, -0.2) is 37.5 Å². The third-order valence-electron chi connectivity index (χ3n) is 2.86. The number of rotatable bonds is 4. The lowest BCUT2D eigenvalue weighted by atomic mass is 10.0. The van der Waals surface area contributed by atoms with Gasteiger partial charge in [0.2, 0.25) is 0 Å². The lowest BCUT2D eigenvalue weighted by molar-refractivity contribution is -0.102. The van der Waals surface area contributed by atoms with E-state index in [-0.39, 0.29) is 12.1 Å². The third-order valence-corrected chi connectivity index (χ3v) is 2.86. The fourth-order valence-electron chi connectivity index (χ4n) is 2.04. The fraction of sp³-hybridized carbons (Fsp3) is 0.583. The molecule has 2 atom stereocenters. The van der Waals surface area contributed by atoms with Gasteiger partial charge in [-0.05, 0) is 12.6 Å². The van der Waals surface area contributed by atoms with Crippen molar-refractivity contribution >= 4 is 5.69 Å². The van der Waals surface area contributed by atoms with Gasteiger partial charge in [0.05, 0.1) is 25.9 Å². The largest absolute Gasteiger partial charge is 0.398 e. The molecule has 3 N–H and O–H groups in total. The summed E-state index contributed by atoms with van der Waals surface area (Å²) in [5, 5.41) is 3.38. The summed E-state index contributed by atoms with van der Waals surface area (Å²) in [7, 11) is 0. The van der Waals surface area contributed by atoms with Crippen molar-refractivity contribution in [2.45, 2.75) is 19.1 Å². The molecule has 0 saturated carbocycles. The van der Waals surface area contributed by atoms with Gasteiger partial charge in [-0.3, -0.25) is 4.98 Å². The normalized spacial score (nSPS) is 22.3. The number of ether oxygens (including phenoxy) is 2. The maximum absolute atomic E-state index is 5.98. The van der Waals surface area contributed by atoms with Crippen molar-refractivity contribution in [2.75, 3.05) is 32.1 Å². The van der Waals surface area contributed by atoms with E-state index < -0.39 is 0 Å². The summed E-state index contributed by atoms with van der Waals surface area (Å²) in [5.74, 6) is 0. The van der Waals surface area contributed by atoms with Gasteiger partial charge in [-0.25, -0.2) is 0 Å². The Morgan fingerprint density at radius 2 is 2.47 bits per heavy atom. The Labute approximate surface area is 101 Å². The van der Waals surface area contributed by atoms with E-state index in [1.54, 1.807) is 12.4 Å². The number of hydrogen-bond donors (Lipinski definition) is 2. The first-order valence-corrected chi connectivity index (χ1v) is 5.95. The van der Waals surface area contributed by atoms with Crippen LogP contribution in [-0.2, 0) is 9.47 Å². The molecule has 1 aliphatic heterocycles. The molecule has 1 aromatic rings. The molecule has 2 rings (SSSR count). The van der Waals surface area contributed by atoms with Crippen LogP contribution in [0.2, 0.25) is 0 Å². The Morgan fingerprint density at radius 3 is 3.12 bits per heavy atom. The van der Waals surface area contributed by atoms with Crippen molar-refractivity contribution < 1.29 is 9.47 Å². The van der Waals surface area contributed by atoms with Gasteiger partial charge < -0.3 is 20.5 Å². The van der Waals surface area contributed by atoms with E-state index in [0.29, 0.717) is 19.8 Å². The molecule has 94 valence electrons. The van der Waals surface area contributed by atoms with Crippen LogP contribution in [0.3, 0.4) is 0 Å². The molecule has 0 amide bonds. The summed E-state index contributed by atoms with van der Waals surface area (Å²) >= 11 is 0. The topological polar surface area (TPSA) is 69.4 Å². The molecular formula is C12H19N3O2. The smallest absolute Gasteiger partial charge is 0.100 e. The second kappa shape index (κ2) is 5.95. The van der Waals surface area contributed by atoms with Gasteiger partial charge in [-0.1, -0.05) is 6.92 Å². The maximum atomic E-state index is 5.98. The zero-order chi connectivity index (χ0) is 12.1. The Balaban J connectivity index is 2.18. The van der Waals surface area contributed by atoms with Crippen LogP contribution in [0.5, 0.6) is 0 Å². The lowest BCUT2D eigenvalue weighted by Gasteiger charge is -2.31. The van der Waals surface area contributed by atoms with Gasteiger partial charge in [0.15, 0.2) is 0 Å². The molecule has 2 heterocycles. The molecule has 17 heavy (non-hydrogen) atoms. The summed E-state index contributed by atoms with van der Waals surface area (Å²) < 4.78 is 11.2. The minimum Gasteiger partial charge on any atom is -0.398 e. The summed E-state index contributed by atoms with van der Waals surface area (Å²) in [6.45, 7) is 4.79. The number of nitrogen functional groups attached to an aromatic ring is 1. The molecule has 5 heteroatoms. The zero-order valence-corrected chi connectivity index (χ0v) is 10.1. The van der Waals surface area contributed by atoms with E-state index in [4.69, 9.17) is 15.2 Å². The first kappa shape index (κ1) is 12.3. The number of anilines is 1. The van der Waals surface area contributed by atoms with Gasteiger partial charge in [-0.2, -0.15) is 0 Å². The molecule has 2 unspecified atom stereocenters. The summed E-state index contributed by atoms with van der Waals surface area (Å²) in [6, 6.07) is 1.84. The molecule has 1 saturated heterocycles. The number of nitrogens with two attached hydrogens (primary N) is 1. The Bertz CT molecular complexity index is 353. The summed E-state index contributed by atoms with van der Waals surface area (Å²) in [5.41, 5.74) is 7.69. The molecule has 0 aliphatic carbocycles. The van der Waals surface area contributed by atoms with Crippen LogP contribution in [0.4, 0.5) is 5.69 Å². The van der Waals surface area contributed by atoms with Crippen LogP contribution in [0.15, 0.2) is 18.5 Å². The van der Waals surface area contributed by atoms with Crippen molar-refractivity contribution in [1.82, 2.24) is 10.3 Å². The lowest BCUT2D eigenvalue weighted by Crippen LogP contribution is -2.40. The van der Waals surface area contributed by atoms with E-state index in [2.05, 4.69) is 17.2 Å². The average Bonchev–Trinajstić information content (AvgIpc) is 2.38. The van der Waals surface area contributed by atoms with Crippen molar-refractivity contribution in [1.29, 1.82) is 0 Å². The van der Waals surface area contributed by atoms with Crippen LogP contribution in [0, 0.1) is 0 Å². The van der Waals surface area contributed by atoms with Crippen molar-refractivity contribution in [3.63, 3.8) is 0 Å². The number of likely N-dealkylation sites (N-methyl/N-ethyl adjacent to an activating group) is 1. The molecule has 1 aliphatic rings. The van der Waals surface area contributed by atoms with Gasteiger partial charge in [-0.15, -0.1) is 0 Å². The zero-order valence-electron chi connectivity index (χ0n) is 10.1. The SMILES string of the molecule is CCNC(c1cnccc1N)C1COCCO1. The third kappa shape index (κ3) is 2.94. The number of nitrogens with one attached hydrogen (secondary N) is 1. The molecule has 0 bridgehead atoms. The average molecular weight is 237 g/mol. The van der Waals surface area contributed by atoms with Crippen LogP contribution >= 0.6 is 0 Å². The molecule has 5 nitrogen and oxygen atoms in total. The van der Waals surface area contributed by atoms with Crippen LogP contribution in [0.25, 0.3) is 0 Å². The number of nitrogens with zero attached hydrogens (tertiary/aromatic N) is 1. The maximum Gasteiger partial charge on any atom is 0.100 e. The van der Waals surface area contributed by atoms with Crippen LogP contribution < -0.4 is 11.1 Å². The molecule has 0 aromatic carbocycles. The second-order valence-electron chi connectivity index (χ2n) is 4.02. The van der Waals surface area contributed by atoms with E-state index >= 15 is 0 Å². The Kier molecular flexibility index (Phi) is 4.30. The predicted molar refractivity (Wildman–Crippen MR) is 65.6 cm³/mol. The second-order valence-corrected chi connectivity index (χ2v) is 4.02. The first-order chi connectivity index (χ1) is 8.33. The minimum absolute atomic E-state index is 0.00444. The van der Waals surface area contributed by atoms with E-state index in [1.807, 2.05) is 6.07 Å². The van der Waals surface area contributed by atoms with Gasteiger partial charge in [0.25, 0.3) is 0 Å². The Hall–Kier alpha value is -1.17. The molecule has 1 aromatic heterocycles. The Morgan fingerprint density at radius 1 is 1.59 bits per heavy atom. The van der Waals surface area contributed by atoms with Crippen molar-refractivity contribution in [3.8, 4) is 0 Å².